The number of rotatable bonds is 22. The molecule has 1 aromatic carbocycles. The van der Waals surface area contributed by atoms with E-state index < -0.39 is 41.7 Å². The Hall–Kier alpha value is -3.64. The molecule has 22 heteroatoms. The molecule has 5 amide bonds. The van der Waals surface area contributed by atoms with Crippen LogP contribution in [0.2, 0.25) is 0 Å². The molecule has 4 atom stereocenters. The van der Waals surface area contributed by atoms with Crippen molar-refractivity contribution < 1.29 is 98.4 Å². The van der Waals surface area contributed by atoms with Gasteiger partial charge in [0.2, 0.25) is 23.6 Å². The van der Waals surface area contributed by atoms with Crippen LogP contribution in [0.4, 0.5) is 0 Å². The summed E-state index contributed by atoms with van der Waals surface area (Å²) in [6, 6.07) is 4.40. The van der Waals surface area contributed by atoms with Gasteiger partial charge in [0.05, 0.1) is 32.2 Å². The number of benzene rings is 1. The van der Waals surface area contributed by atoms with E-state index in [0.717, 1.165) is 16.0 Å². The molecule has 20 nitrogen and oxygen atoms in total. The summed E-state index contributed by atoms with van der Waals surface area (Å²) in [4.78, 5) is 125. The third kappa shape index (κ3) is 18.3. The Kier molecular flexibility index (Phi) is 24.8. The van der Waals surface area contributed by atoms with Crippen molar-refractivity contribution in [1.29, 1.82) is 0 Å². The second kappa shape index (κ2) is 28.8. The van der Waals surface area contributed by atoms with Gasteiger partial charge >= 0.3 is 17.9 Å². The minimum Gasteiger partial charge on any atom is -0.480 e. The van der Waals surface area contributed by atoms with Gasteiger partial charge in [0.15, 0.2) is 5.78 Å². The summed E-state index contributed by atoms with van der Waals surface area (Å²) >= 11 is 1.53. The molecule has 1 unspecified atom stereocenters. The molecule has 0 aromatic heterocycles. The summed E-state index contributed by atoms with van der Waals surface area (Å²) < 4.78 is 0. The average Bonchev–Trinajstić information content (AvgIpc) is 3.51. The van der Waals surface area contributed by atoms with Crippen molar-refractivity contribution in [2.75, 3.05) is 110 Å². The first-order valence-corrected chi connectivity index (χ1v) is 24.2. The maximum atomic E-state index is 14.0. The summed E-state index contributed by atoms with van der Waals surface area (Å²) in [5.41, 5.74) is 1.92. The van der Waals surface area contributed by atoms with Gasteiger partial charge in [-0.3, -0.25) is 67.7 Å². The molecular formula is C45H68GdN8O12S. The zero-order valence-corrected chi connectivity index (χ0v) is 42.1. The Balaban J connectivity index is 0.0000119. The Morgan fingerprint density at radius 2 is 1.34 bits per heavy atom. The third-order valence-corrected chi connectivity index (χ3v) is 13.4. The molecule has 0 radical (unpaired) electrons. The molecule has 0 saturated carbocycles. The molecule has 3 heterocycles. The smallest absolute Gasteiger partial charge is 0.317 e. The third-order valence-electron chi connectivity index (χ3n) is 12.7. The van der Waals surface area contributed by atoms with Crippen LogP contribution in [0.5, 0.6) is 0 Å². The normalized spacial score (nSPS) is 19.5. The van der Waals surface area contributed by atoms with Gasteiger partial charge in [0.1, 0.15) is 0 Å². The molecule has 0 spiro atoms. The standard InChI is InChI=1S/C45H68N8O12S.Gd/c1-5-30(2)35(43(63)46-11-13-53-38(55)23-31(3)45(53)65)24-37(54)36(10-22-66-4)47-44(64)34-8-6-7-32-25-52(12-9-33(32)34)39(56)26-48-14-16-49(27-40(57)58)18-20-51(29-42(61)62)21-19-50(17-15-48)28-41(59)60;/h6-8,30-31,35-36H,5,9-29H2,1-4H3,(H,46,63)(H,47,64)(H,57,58)(H,59,60)(H,61,62);/t30-,31?,35-,36-;/m0./s1. The molecule has 2 fully saturated rings. The van der Waals surface area contributed by atoms with E-state index >= 15 is 0 Å². The Morgan fingerprint density at radius 1 is 0.806 bits per heavy atom. The number of hydrogen-bond donors (Lipinski definition) is 5. The van der Waals surface area contributed by atoms with E-state index in [4.69, 9.17) is 0 Å². The molecule has 3 aliphatic heterocycles. The van der Waals surface area contributed by atoms with Gasteiger partial charge in [-0.2, -0.15) is 11.8 Å². The molecule has 1 aromatic rings. The number of nitrogens with one attached hydrogen (secondary N) is 2. The fourth-order valence-electron chi connectivity index (χ4n) is 8.60. The Labute approximate surface area is 428 Å². The van der Waals surface area contributed by atoms with E-state index in [2.05, 4.69) is 10.6 Å². The monoisotopic (exact) mass is 1100 g/mol. The first kappa shape index (κ1) is 57.7. The second-order valence-electron chi connectivity index (χ2n) is 17.5. The summed E-state index contributed by atoms with van der Waals surface area (Å²) in [7, 11) is 0. The van der Waals surface area contributed by atoms with E-state index in [1.807, 2.05) is 31.1 Å². The summed E-state index contributed by atoms with van der Waals surface area (Å²) in [5, 5.41) is 34.4. The van der Waals surface area contributed by atoms with Crippen LogP contribution in [0.25, 0.3) is 0 Å². The number of thioether (sulfide) groups is 1. The molecule has 374 valence electrons. The molecule has 0 bridgehead atoms. The van der Waals surface area contributed by atoms with E-state index in [-0.39, 0.29) is 173 Å². The van der Waals surface area contributed by atoms with Crippen LogP contribution in [0.3, 0.4) is 0 Å². The minimum absolute atomic E-state index is 0. The van der Waals surface area contributed by atoms with E-state index in [0.29, 0.717) is 50.2 Å². The zero-order valence-electron chi connectivity index (χ0n) is 39.1. The number of carboxylic acids is 3. The molecular weight excluding hydrogens is 1030 g/mol. The number of carbonyl (C=O) groups is 9. The van der Waals surface area contributed by atoms with Gasteiger partial charge in [-0.25, -0.2) is 0 Å². The second-order valence-corrected chi connectivity index (χ2v) is 18.5. The van der Waals surface area contributed by atoms with Crippen molar-refractivity contribution in [2.45, 2.75) is 65.5 Å². The molecule has 3 aliphatic rings. The summed E-state index contributed by atoms with van der Waals surface area (Å²) in [6.45, 7) is 7.49. The molecule has 5 N–H and O–H groups in total. The number of Topliss-reactive ketones (excluding diaryl/α,β-unsaturated/α-hetero) is 1. The number of nitrogens with zero attached hydrogens (tertiary/aromatic N) is 6. The number of aliphatic carboxylic acids is 3. The van der Waals surface area contributed by atoms with Crippen molar-refractivity contribution in [3.05, 3.63) is 34.9 Å². The number of carboxylic acid groups (broad SMARTS) is 3. The Bertz CT molecular complexity index is 1900. The number of imide groups is 1. The first-order valence-electron chi connectivity index (χ1n) is 22.8. The van der Waals surface area contributed by atoms with E-state index in [9.17, 15) is 58.5 Å². The van der Waals surface area contributed by atoms with Gasteiger partial charge in [-0.05, 0) is 48.0 Å². The fourth-order valence-corrected chi connectivity index (χ4v) is 9.07. The predicted molar refractivity (Wildman–Crippen MR) is 245 cm³/mol. The van der Waals surface area contributed by atoms with Gasteiger partial charge < -0.3 is 30.9 Å². The van der Waals surface area contributed by atoms with Crippen LogP contribution in [0, 0.1) is 57.7 Å². The van der Waals surface area contributed by atoms with Crippen LogP contribution < -0.4 is 10.6 Å². The predicted octanol–water partition coefficient (Wildman–Crippen LogP) is 0.0309. The molecule has 67 heavy (non-hydrogen) atoms. The van der Waals surface area contributed by atoms with E-state index in [1.165, 1.54) is 11.8 Å². The maximum Gasteiger partial charge on any atom is 0.317 e. The fraction of sp³-hybridized carbons (Fsp3) is 0.667. The zero-order chi connectivity index (χ0) is 48.5. The molecule has 4 rings (SSSR count). The largest absolute Gasteiger partial charge is 0.480 e. The van der Waals surface area contributed by atoms with Crippen LogP contribution in [-0.2, 0) is 51.3 Å². The van der Waals surface area contributed by atoms with Gasteiger partial charge in [0, 0.05) is 149 Å². The van der Waals surface area contributed by atoms with Gasteiger partial charge in [-0.1, -0.05) is 39.3 Å². The van der Waals surface area contributed by atoms with Crippen molar-refractivity contribution >= 4 is 65.0 Å². The summed E-state index contributed by atoms with van der Waals surface area (Å²) in [5.74, 6) is -5.62. The SMILES string of the molecule is CC[C@H](C)[C@H](CC(=O)[C@H](CCSC)NC(=O)c1cccc2c1CCN(C(=O)CN1CCN(CC(=O)O)CCN(CC(=O)O)CCN(CC(=O)O)CC1)C2)C(=O)NCCN1C(=O)CC(C)C1=O.[Gd]. The topological polar surface area (TPSA) is 258 Å². The van der Waals surface area contributed by atoms with Gasteiger partial charge in [-0.15, -0.1) is 0 Å². The van der Waals surface area contributed by atoms with Crippen LogP contribution in [0.15, 0.2) is 18.2 Å². The number of amides is 5. The number of hydrogen-bond acceptors (Lipinski definition) is 14. The van der Waals surface area contributed by atoms with E-state index in [1.54, 1.807) is 38.7 Å². The van der Waals surface area contributed by atoms with Crippen molar-refractivity contribution in [2.24, 2.45) is 17.8 Å². The van der Waals surface area contributed by atoms with Gasteiger partial charge in [0.25, 0.3) is 5.91 Å². The Morgan fingerprint density at radius 3 is 1.82 bits per heavy atom. The number of carbonyl (C=O) groups excluding carboxylic acids is 6. The van der Waals surface area contributed by atoms with Crippen molar-refractivity contribution in [1.82, 2.24) is 40.0 Å². The number of ketones is 1. The minimum atomic E-state index is -1.05. The summed E-state index contributed by atoms with van der Waals surface area (Å²) in [6.07, 6.45) is 3.26. The maximum absolute atomic E-state index is 14.0. The number of fused-ring (bicyclic) bond motifs is 1. The quantitative estimate of drug-likeness (QED) is 0.0961. The van der Waals surface area contributed by atoms with Crippen LogP contribution in [0.1, 0.15) is 67.9 Å². The van der Waals surface area contributed by atoms with Crippen LogP contribution in [-0.4, -0.2) is 214 Å². The average molecular weight is 1100 g/mol. The molecule has 2 saturated heterocycles. The first-order chi connectivity index (χ1) is 31.4. The molecule has 0 aliphatic carbocycles. The number of likely N-dealkylation sites (tertiary alicyclic amines) is 1. The van der Waals surface area contributed by atoms with Crippen LogP contribution >= 0.6 is 11.8 Å². The van der Waals surface area contributed by atoms with Crippen molar-refractivity contribution in [3.63, 3.8) is 0 Å². The van der Waals surface area contributed by atoms with Crippen molar-refractivity contribution in [3.8, 4) is 0 Å².